The second-order valence-electron chi connectivity index (χ2n) is 5.47. The Morgan fingerprint density at radius 3 is 2.57 bits per heavy atom. The standard InChI is InChI=1S/C17H21N3O2S/c1-20(2)16-11-14(9-10-18-16)17(21)19-15(12-23(3)22)13-7-5-4-6-8-13/h4-11,15H,12H2,1-3H3,(H,19,21)/t15-,23+/m1/s1. The lowest BCUT2D eigenvalue weighted by molar-refractivity contribution is 0.0940. The Kier molecular flexibility index (Phi) is 5.87. The summed E-state index contributed by atoms with van der Waals surface area (Å²) in [6.45, 7) is 0. The summed E-state index contributed by atoms with van der Waals surface area (Å²) in [6, 6.07) is 12.7. The number of carbonyl (C=O) groups is 1. The fraction of sp³-hybridized carbons (Fsp3) is 0.294. The summed E-state index contributed by atoms with van der Waals surface area (Å²) in [6.07, 6.45) is 3.25. The van der Waals surface area contributed by atoms with Crippen molar-refractivity contribution in [1.29, 1.82) is 0 Å². The zero-order chi connectivity index (χ0) is 16.8. The molecule has 6 heteroatoms. The highest BCUT2D eigenvalue weighted by atomic mass is 32.2. The minimum atomic E-state index is -1.02. The molecule has 1 N–H and O–H groups in total. The van der Waals surface area contributed by atoms with Crippen LogP contribution in [0.15, 0.2) is 48.7 Å². The maximum absolute atomic E-state index is 12.5. The van der Waals surface area contributed by atoms with E-state index in [2.05, 4.69) is 10.3 Å². The van der Waals surface area contributed by atoms with Gasteiger partial charge < -0.3 is 10.2 Å². The topological polar surface area (TPSA) is 62.3 Å². The summed E-state index contributed by atoms with van der Waals surface area (Å²) in [5.41, 5.74) is 1.48. The predicted molar refractivity (Wildman–Crippen MR) is 94.1 cm³/mol. The smallest absolute Gasteiger partial charge is 0.251 e. The number of nitrogens with zero attached hydrogens (tertiary/aromatic N) is 2. The summed E-state index contributed by atoms with van der Waals surface area (Å²) in [4.78, 5) is 18.6. The number of amides is 1. The van der Waals surface area contributed by atoms with Crippen LogP contribution in [0.4, 0.5) is 5.82 Å². The Balaban J connectivity index is 2.20. The Morgan fingerprint density at radius 1 is 1.26 bits per heavy atom. The van der Waals surface area contributed by atoms with Gasteiger partial charge in [0.15, 0.2) is 0 Å². The second kappa shape index (κ2) is 7.87. The van der Waals surface area contributed by atoms with Gasteiger partial charge in [-0.3, -0.25) is 9.00 Å². The minimum absolute atomic E-state index is 0.199. The molecule has 23 heavy (non-hydrogen) atoms. The van der Waals surface area contributed by atoms with Crippen LogP contribution in [-0.4, -0.2) is 41.2 Å². The van der Waals surface area contributed by atoms with Crippen molar-refractivity contribution in [3.63, 3.8) is 0 Å². The van der Waals surface area contributed by atoms with Crippen LogP contribution < -0.4 is 10.2 Å². The van der Waals surface area contributed by atoms with Crippen LogP contribution in [0.25, 0.3) is 0 Å². The molecule has 0 saturated heterocycles. The Bertz CT molecular complexity index is 689. The number of nitrogens with one attached hydrogen (secondary N) is 1. The first-order valence-electron chi connectivity index (χ1n) is 7.26. The highest BCUT2D eigenvalue weighted by Gasteiger charge is 2.17. The van der Waals surface area contributed by atoms with Gasteiger partial charge in [-0.25, -0.2) is 4.98 Å². The average molecular weight is 331 g/mol. The third kappa shape index (κ3) is 4.89. The molecule has 5 nitrogen and oxygen atoms in total. The number of carbonyl (C=O) groups excluding carboxylic acids is 1. The van der Waals surface area contributed by atoms with Gasteiger partial charge in [0.2, 0.25) is 0 Å². The summed E-state index contributed by atoms with van der Waals surface area (Å²) >= 11 is 0. The summed E-state index contributed by atoms with van der Waals surface area (Å²) in [5, 5.41) is 2.97. The van der Waals surface area contributed by atoms with Gasteiger partial charge in [0, 0.05) is 48.7 Å². The van der Waals surface area contributed by atoms with Gasteiger partial charge in [0.25, 0.3) is 5.91 Å². The second-order valence-corrected chi connectivity index (χ2v) is 6.95. The van der Waals surface area contributed by atoms with E-state index in [1.165, 1.54) is 0 Å². The molecule has 0 fully saturated rings. The molecule has 0 unspecified atom stereocenters. The van der Waals surface area contributed by atoms with Crippen LogP contribution in [-0.2, 0) is 10.8 Å². The number of hydrogen-bond donors (Lipinski definition) is 1. The molecule has 0 spiro atoms. The number of hydrogen-bond acceptors (Lipinski definition) is 4. The maximum Gasteiger partial charge on any atom is 0.251 e. The first-order chi connectivity index (χ1) is 11.0. The number of benzene rings is 1. The van der Waals surface area contributed by atoms with Crippen molar-refractivity contribution in [3.05, 3.63) is 59.8 Å². The zero-order valence-electron chi connectivity index (χ0n) is 13.5. The molecule has 0 bridgehead atoms. The maximum atomic E-state index is 12.5. The normalized spacial score (nSPS) is 13.2. The van der Waals surface area contributed by atoms with Crippen molar-refractivity contribution >= 4 is 22.5 Å². The van der Waals surface area contributed by atoms with Gasteiger partial charge in [-0.1, -0.05) is 30.3 Å². The summed E-state index contributed by atoms with van der Waals surface area (Å²) < 4.78 is 11.6. The molecule has 1 amide bonds. The molecule has 0 aliphatic heterocycles. The molecule has 0 saturated carbocycles. The number of pyridine rings is 1. The molecule has 0 aliphatic carbocycles. The third-order valence-corrected chi connectivity index (χ3v) is 4.18. The summed E-state index contributed by atoms with van der Waals surface area (Å²) in [5.74, 6) is 0.893. The van der Waals surface area contributed by atoms with Gasteiger partial charge in [0.05, 0.1) is 6.04 Å². The van der Waals surface area contributed by atoms with Gasteiger partial charge in [-0.2, -0.15) is 0 Å². The van der Waals surface area contributed by atoms with Crippen LogP contribution in [0.1, 0.15) is 22.0 Å². The monoisotopic (exact) mass is 331 g/mol. The molecular weight excluding hydrogens is 310 g/mol. The highest BCUT2D eigenvalue weighted by Crippen LogP contribution is 2.16. The molecule has 2 atom stereocenters. The average Bonchev–Trinajstić information content (AvgIpc) is 2.54. The minimum Gasteiger partial charge on any atom is -0.363 e. The molecule has 1 heterocycles. The van der Waals surface area contributed by atoms with Crippen molar-refractivity contribution < 1.29 is 9.00 Å². The highest BCUT2D eigenvalue weighted by molar-refractivity contribution is 7.84. The van der Waals surface area contributed by atoms with E-state index in [0.717, 1.165) is 5.56 Å². The predicted octanol–water partition coefficient (Wildman–Crippen LogP) is 2.00. The molecule has 0 aliphatic rings. The van der Waals surface area contributed by atoms with E-state index >= 15 is 0 Å². The fourth-order valence-corrected chi connectivity index (χ4v) is 2.93. The van der Waals surface area contributed by atoms with Crippen LogP contribution >= 0.6 is 0 Å². The molecule has 0 radical (unpaired) electrons. The molecular formula is C17H21N3O2S. The van der Waals surface area contributed by atoms with Crippen molar-refractivity contribution in [2.75, 3.05) is 31.0 Å². The zero-order valence-corrected chi connectivity index (χ0v) is 14.3. The van der Waals surface area contributed by atoms with Gasteiger partial charge in [0.1, 0.15) is 5.82 Å². The first-order valence-corrected chi connectivity index (χ1v) is 8.99. The van der Waals surface area contributed by atoms with E-state index in [4.69, 9.17) is 0 Å². The SMILES string of the molecule is CN(C)c1cc(C(=O)N[C@H](C[S@](C)=O)c2ccccc2)ccn1. The molecule has 2 rings (SSSR count). The van der Waals surface area contributed by atoms with Crippen molar-refractivity contribution in [3.8, 4) is 0 Å². The third-order valence-electron chi connectivity index (χ3n) is 3.37. The van der Waals surface area contributed by atoms with Crippen LogP contribution in [0.5, 0.6) is 0 Å². The van der Waals surface area contributed by atoms with E-state index in [0.29, 0.717) is 17.1 Å². The molecule has 1 aromatic carbocycles. The summed E-state index contributed by atoms with van der Waals surface area (Å²) in [7, 11) is 2.73. The molecule has 1 aromatic heterocycles. The van der Waals surface area contributed by atoms with E-state index < -0.39 is 10.8 Å². The van der Waals surface area contributed by atoms with E-state index in [1.54, 1.807) is 24.6 Å². The number of anilines is 1. The van der Waals surface area contributed by atoms with E-state index in [1.807, 2.05) is 49.3 Å². The quantitative estimate of drug-likeness (QED) is 0.879. The van der Waals surface area contributed by atoms with Crippen LogP contribution in [0.2, 0.25) is 0 Å². The Labute approximate surface area is 139 Å². The van der Waals surface area contributed by atoms with E-state index in [-0.39, 0.29) is 11.9 Å². The van der Waals surface area contributed by atoms with Gasteiger partial charge in [-0.15, -0.1) is 0 Å². The lowest BCUT2D eigenvalue weighted by atomic mass is 10.1. The molecule has 122 valence electrons. The Hall–Kier alpha value is -2.21. The number of aromatic nitrogens is 1. The number of rotatable bonds is 6. The van der Waals surface area contributed by atoms with Crippen molar-refractivity contribution in [1.82, 2.24) is 10.3 Å². The van der Waals surface area contributed by atoms with Gasteiger partial charge >= 0.3 is 0 Å². The van der Waals surface area contributed by atoms with Crippen molar-refractivity contribution in [2.45, 2.75) is 6.04 Å². The Morgan fingerprint density at radius 2 is 1.96 bits per heavy atom. The fourth-order valence-electron chi connectivity index (χ4n) is 2.19. The first kappa shape index (κ1) is 17.1. The van der Waals surface area contributed by atoms with Crippen LogP contribution in [0, 0.1) is 0 Å². The molecule has 2 aromatic rings. The van der Waals surface area contributed by atoms with Gasteiger partial charge in [-0.05, 0) is 17.7 Å². The van der Waals surface area contributed by atoms with Crippen molar-refractivity contribution in [2.24, 2.45) is 0 Å². The van der Waals surface area contributed by atoms with E-state index in [9.17, 15) is 9.00 Å². The lowest BCUT2D eigenvalue weighted by Crippen LogP contribution is -2.32. The van der Waals surface area contributed by atoms with Crippen LogP contribution in [0.3, 0.4) is 0 Å². The lowest BCUT2D eigenvalue weighted by Gasteiger charge is -2.19. The largest absolute Gasteiger partial charge is 0.363 e.